The molecule has 0 radical (unpaired) electrons. The number of fused-ring (bicyclic) bond motifs is 2. The van der Waals surface area contributed by atoms with Crippen molar-refractivity contribution in [1.82, 2.24) is 14.8 Å². The Bertz CT molecular complexity index is 1260. The van der Waals surface area contributed by atoms with Crippen LogP contribution < -0.4 is 20.3 Å². The summed E-state index contributed by atoms with van der Waals surface area (Å²) in [5, 5.41) is 3.64. The molecule has 1 saturated heterocycles. The molecular formula is C25H27FN4O4. The van der Waals surface area contributed by atoms with E-state index in [0.29, 0.717) is 34.8 Å². The first-order chi connectivity index (χ1) is 16.5. The highest BCUT2D eigenvalue weighted by atomic mass is 19.1. The van der Waals surface area contributed by atoms with Crippen molar-refractivity contribution in [2.45, 2.75) is 32.4 Å². The van der Waals surface area contributed by atoms with Gasteiger partial charge in [-0.1, -0.05) is 6.92 Å². The number of carbonyl (C=O) groups excluding carboxylic acids is 1. The van der Waals surface area contributed by atoms with Gasteiger partial charge in [0.25, 0.3) is 5.56 Å². The highest BCUT2D eigenvalue weighted by molar-refractivity contribution is 5.89. The van der Waals surface area contributed by atoms with Crippen molar-refractivity contribution in [3.8, 4) is 11.5 Å². The minimum atomic E-state index is -0.372. The maximum absolute atomic E-state index is 13.3. The summed E-state index contributed by atoms with van der Waals surface area (Å²) in [5.41, 5.74) is 1.36. The van der Waals surface area contributed by atoms with E-state index in [2.05, 4.69) is 22.1 Å². The van der Waals surface area contributed by atoms with Crippen LogP contribution in [0.3, 0.4) is 0 Å². The number of urea groups is 1. The molecule has 0 saturated carbocycles. The zero-order valence-electron chi connectivity index (χ0n) is 19.0. The molecule has 0 aliphatic carbocycles. The molecule has 2 aliphatic rings. The standard InChI is InChI=1S/C25H27FN4O4/c1-2-29-9-3-4-20(29)14-30(25(32)27-19-7-5-18(26)6-8-19)13-17-10-16-11-22-23(34-15-33-22)12-21(16)28-24(17)31/h5-8,10-12,20H,2-4,9,13-15H2,1H3,(H,27,32)(H,28,31)/t20-/m0/s1. The Labute approximate surface area is 196 Å². The smallest absolute Gasteiger partial charge is 0.322 e. The number of aromatic amines is 1. The number of H-pyrrole nitrogens is 1. The van der Waals surface area contributed by atoms with Crippen LogP contribution in [0.5, 0.6) is 11.5 Å². The average Bonchev–Trinajstić information content (AvgIpc) is 3.47. The zero-order valence-corrected chi connectivity index (χ0v) is 19.0. The van der Waals surface area contributed by atoms with E-state index >= 15 is 0 Å². The van der Waals surface area contributed by atoms with Gasteiger partial charge in [0.15, 0.2) is 11.5 Å². The molecular weight excluding hydrogens is 439 g/mol. The van der Waals surface area contributed by atoms with Gasteiger partial charge in [0.1, 0.15) is 5.82 Å². The topological polar surface area (TPSA) is 86.9 Å². The second-order valence-corrected chi connectivity index (χ2v) is 8.66. The number of hydrogen-bond acceptors (Lipinski definition) is 5. The molecule has 2 aromatic carbocycles. The van der Waals surface area contributed by atoms with Gasteiger partial charge in [-0.25, -0.2) is 9.18 Å². The lowest BCUT2D eigenvalue weighted by Gasteiger charge is -2.30. The minimum absolute atomic E-state index is 0.140. The number of halogens is 1. The van der Waals surface area contributed by atoms with E-state index in [1.54, 1.807) is 17.0 Å². The quantitative estimate of drug-likeness (QED) is 0.575. The number of likely N-dealkylation sites (N-methyl/N-ethyl adjacent to an activating group) is 1. The van der Waals surface area contributed by atoms with Crippen molar-refractivity contribution in [3.63, 3.8) is 0 Å². The molecule has 1 atom stereocenters. The van der Waals surface area contributed by atoms with Crippen LogP contribution in [0, 0.1) is 5.82 Å². The fourth-order valence-corrected chi connectivity index (χ4v) is 4.69. The SMILES string of the molecule is CCN1CCC[C@H]1CN(Cc1cc2cc3c(cc2[nH]c1=O)OCO3)C(=O)Nc1ccc(F)cc1. The molecule has 2 N–H and O–H groups in total. The van der Waals surface area contributed by atoms with Gasteiger partial charge in [-0.3, -0.25) is 9.69 Å². The van der Waals surface area contributed by atoms with Crippen LogP contribution in [-0.4, -0.2) is 53.3 Å². The van der Waals surface area contributed by atoms with Gasteiger partial charge < -0.3 is 24.7 Å². The summed E-state index contributed by atoms with van der Waals surface area (Å²) in [6, 6.07) is 10.9. The van der Waals surface area contributed by atoms with Gasteiger partial charge >= 0.3 is 6.03 Å². The fraction of sp³-hybridized carbons (Fsp3) is 0.360. The summed E-state index contributed by atoms with van der Waals surface area (Å²) in [6.45, 7) is 4.79. The zero-order chi connectivity index (χ0) is 23.7. The van der Waals surface area contributed by atoms with Crippen LogP contribution in [0.15, 0.2) is 47.3 Å². The predicted octanol–water partition coefficient (Wildman–Crippen LogP) is 3.91. The number of likely N-dealkylation sites (tertiary alicyclic amines) is 1. The monoisotopic (exact) mass is 466 g/mol. The maximum atomic E-state index is 13.3. The number of ether oxygens (including phenoxy) is 2. The van der Waals surface area contributed by atoms with E-state index in [0.717, 1.165) is 31.3 Å². The molecule has 1 fully saturated rings. The van der Waals surface area contributed by atoms with E-state index in [1.807, 2.05) is 6.07 Å². The summed E-state index contributed by atoms with van der Waals surface area (Å²) in [6.07, 6.45) is 2.07. The molecule has 0 spiro atoms. The Morgan fingerprint density at radius 3 is 2.74 bits per heavy atom. The number of amides is 2. The Morgan fingerprint density at radius 2 is 1.97 bits per heavy atom. The van der Waals surface area contributed by atoms with Crippen LogP contribution in [0.1, 0.15) is 25.3 Å². The van der Waals surface area contributed by atoms with Crippen LogP contribution in [0.2, 0.25) is 0 Å². The van der Waals surface area contributed by atoms with Crippen molar-refractivity contribution >= 4 is 22.6 Å². The van der Waals surface area contributed by atoms with Gasteiger partial charge in [0.2, 0.25) is 6.79 Å². The Morgan fingerprint density at radius 1 is 1.21 bits per heavy atom. The van der Waals surface area contributed by atoms with Crippen molar-refractivity contribution in [3.05, 3.63) is 64.2 Å². The molecule has 34 heavy (non-hydrogen) atoms. The second-order valence-electron chi connectivity index (χ2n) is 8.66. The third-order valence-corrected chi connectivity index (χ3v) is 6.49. The highest BCUT2D eigenvalue weighted by Gasteiger charge is 2.28. The number of hydrogen-bond donors (Lipinski definition) is 2. The Balaban J connectivity index is 1.43. The summed E-state index contributed by atoms with van der Waals surface area (Å²) in [5.74, 6) is 0.848. The summed E-state index contributed by atoms with van der Waals surface area (Å²) >= 11 is 0. The first-order valence-corrected chi connectivity index (χ1v) is 11.5. The first kappa shape index (κ1) is 22.2. The van der Waals surface area contributed by atoms with E-state index in [9.17, 15) is 14.0 Å². The minimum Gasteiger partial charge on any atom is -0.454 e. The number of nitrogens with one attached hydrogen (secondary N) is 2. The molecule has 2 aliphatic heterocycles. The van der Waals surface area contributed by atoms with Gasteiger partial charge in [-0.05, 0) is 62.3 Å². The van der Waals surface area contributed by atoms with Crippen molar-refractivity contribution < 1.29 is 18.7 Å². The summed E-state index contributed by atoms with van der Waals surface area (Å²) in [4.78, 5) is 33.1. The molecule has 5 rings (SSSR count). The van der Waals surface area contributed by atoms with Gasteiger partial charge in [0.05, 0.1) is 12.1 Å². The molecule has 3 heterocycles. The van der Waals surface area contributed by atoms with E-state index in [4.69, 9.17) is 9.47 Å². The van der Waals surface area contributed by atoms with Crippen molar-refractivity contribution in [2.75, 3.05) is 31.7 Å². The number of benzene rings is 2. The third kappa shape index (κ3) is 4.56. The molecule has 0 bridgehead atoms. The number of aromatic nitrogens is 1. The Kier molecular flexibility index (Phi) is 6.10. The first-order valence-electron chi connectivity index (χ1n) is 11.5. The largest absolute Gasteiger partial charge is 0.454 e. The number of anilines is 1. The fourth-order valence-electron chi connectivity index (χ4n) is 4.69. The lowest BCUT2D eigenvalue weighted by atomic mass is 10.1. The lowest BCUT2D eigenvalue weighted by Crippen LogP contribution is -2.45. The van der Waals surface area contributed by atoms with Crippen molar-refractivity contribution in [2.24, 2.45) is 0 Å². The second kappa shape index (κ2) is 9.34. The summed E-state index contributed by atoms with van der Waals surface area (Å²) < 4.78 is 24.2. The Hall–Kier alpha value is -3.59. The van der Waals surface area contributed by atoms with Crippen LogP contribution in [-0.2, 0) is 6.54 Å². The van der Waals surface area contributed by atoms with Gasteiger partial charge in [0, 0.05) is 35.3 Å². The number of nitrogens with zero attached hydrogens (tertiary/aromatic N) is 2. The molecule has 1 aromatic heterocycles. The van der Waals surface area contributed by atoms with Gasteiger partial charge in [-0.15, -0.1) is 0 Å². The van der Waals surface area contributed by atoms with Crippen LogP contribution >= 0.6 is 0 Å². The molecule has 9 heteroatoms. The lowest BCUT2D eigenvalue weighted by molar-refractivity contribution is 0.174. The van der Waals surface area contributed by atoms with E-state index in [1.165, 1.54) is 24.3 Å². The van der Waals surface area contributed by atoms with E-state index < -0.39 is 0 Å². The predicted molar refractivity (Wildman–Crippen MR) is 127 cm³/mol. The van der Waals surface area contributed by atoms with E-state index in [-0.39, 0.29) is 36.8 Å². The van der Waals surface area contributed by atoms with Gasteiger partial charge in [-0.2, -0.15) is 0 Å². The number of pyridine rings is 1. The molecule has 0 unspecified atom stereocenters. The maximum Gasteiger partial charge on any atom is 0.322 e. The normalized spacial score (nSPS) is 17.3. The summed E-state index contributed by atoms with van der Waals surface area (Å²) in [7, 11) is 0. The molecule has 3 aromatic rings. The number of carbonyl (C=O) groups is 1. The molecule has 8 nitrogen and oxygen atoms in total. The molecule has 2 amide bonds. The van der Waals surface area contributed by atoms with Crippen LogP contribution in [0.25, 0.3) is 10.9 Å². The highest BCUT2D eigenvalue weighted by Crippen LogP contribution is 2.35. The average molecular weight is 467 g/mol. The number of rotatable bonds is 6. The molecule has 178 valence electrons. The third-order valence-electron chi connectivity index (χ3n) is 6.49. The van der Waals surface area contributed by atoms with Crippen LogP contribution in [0.4, 0.5) is 14.9 Å². The van der Waals surface area contributed by atoms with Crippen molar-refractivity contribution in [1.29, 1.82) is 0 Å².